The number of hydrogen-bond donors (Lipinski definition) is 1. The van der Waals surface area contributed by atoms with Gasteiger partial charge in [0.1, 0.15) is 23.9 Å². The minimum absolute atomic E-state index is 0.102. The molecule has 6 nitrogen and oxygen atoms in total. The van der Waals surface area contributed by atoms with Crippen LogP contribution in [0.15, 0.2) is 72.1 Å². The molecule has 0 unspecified atom stereocenters. The van der Waals surface area contributed by atoms with E-state index in [-0.39, 0.29) is 12.5 Å². The number of carbonyl (C=O) groups excluding carboxylic acids is 1. The minimum atomic E-state index is -0.276. The molecular formula is C23H20N2O4S. The van der Waals surface area contributed by atoms with Crippen LogP contribution in [0.25, 0.3) is 10.8 Å². The minimum Gasteiger partial charge on any atom is -0.497 e. The number of carbonyl (C=O) groups is 1. The van der Waals surface area contributed by atoms with Crippen LogP contribution in [0.5, 0.6) is 17.2 Å². The van der Waals surface area contributed by atoms with E-state index in [4.69, 9.17) is 14.2 Å². The third-order valence-electron chi connectivity index (χ3n) is 4.34. The van der Waals surface area contributed by atoms with Crippen molar-refractivity contribution in [2.24, 2.45) is 0 Å². The van der Waals surface area contributed by atoms with Gasteiger partial charge in [0.2, 0.25) is 0 Å². The molecule has 0 aliphatic rings. The van der Waals surface area contributed by atoms with E-state index in [2.05, 4.69) is 16.4 Å². The molecular weight excluding hydrogens is 400 g/mol. The third kappa shape index (κ3) is 5.07. The number of anilines is 1. The predicted octanol–water partition coefficient (Wildman–Crippen LogP) is 4.90. The fourth-order valence-electron chi connectivity index (χ4n) is 2.82. The molecule has 0 atom stereocenters. The highest BCUT2D eigenvalue weighted by molar-refractivity contribution is 7.13. The first-order chi connectivity index (χ1) is 14.7. The molecule has 30 heavy (non-hydrogen) atoms. The third-order valence-corrected chi connectivity index (χ3v) is 5.14. The maximum absolute atomic E-state index is 12.1. The fourth-order valence-corrected chi connectivity index (χ4v) is 3.53. The average molecular weight is 420 g/mol. The SMILES string of the molecule is COc1ccc(OCC(=O)Nc2nc(COc3ccc4ccccc4c3)cs2)cc1. The normalized spacial score (nSPS) is 10.6. The molecule has 0 radical (unpaired) electrons. The van der Waals surface area contributed by atoms with E-state index in [9.17, 15) is 4.79 Å². The van der Waals surface area contributed by atoms with E-state index in [1.165, 1.54) is 16.7 Å². The smallest absolute Gasteiger partial charge is 0.264 e. The molecule has 0 fully saturated rings. The van der Waals surface area contributed by atoms with Gasteiger partial charge in [-0.1, -0.05) is 30.3 Å². The molecule has 3 aromatic carbocycles. The van der Waals surface area contributed by atoms with Crippen LogP contribution in [0.2, 0.25) is 0 Å². The van der Waals surface area contributed by atoms with Gasteiger partial charge in [0, 0.05) is 5.38 Å². The molecule has 0 aliphatic carbocycles. The first kappa shape index (κ1) is 19.7. The summed E-state index contributed by atoms with van der Waals surface area (Å²) in [7, 11) is 1.60. The van der Waals surface area contributed by atoms with Crippen molar-refractivity contribution in [3.63, 3.8) is 0 Å². The summed E-state index contributed by atoms with van der Waals surface area (Å²) in [5, 5.41) is 7.40. The number of thiazole rings is 1. The summed E-state index contributed by atoms with van der Waals surface area (Å²) in [5.41, 5.74) is 0.750. The van der Waals surface area contributed by atoms with Gasteiger partial charge in [-0.05, 0) is 47.2 Å². The zero-order valence-electron chi connectivity index (χ0n) is 16.3. The summed E-state index contributed by atoms with van der Waals surface area (Å²) >= 11 is 1.35. The van der Waals surface area contributed by atoms with E-state index in [1.54, 1.807) is 31.4 Å². The predicted molar refractivity (Wildman–Crippen MR) is 118 cm³/mol. The Kier molecular flexibility index (Phi) is 6.10. The van der Waals surface area contributed by atoms with Gasteiger partial charge >= 0.3 is 0 Å². The van der Waals surface area contributed by atoms with Gasteiger partial charge < -0.3 is 14.2 Å². The summed E-state index contributed by atoms with van der Waals surface area (Å²) in [5.74, 6) is 1.82. The first-order valence-electron chi connectivity index (χ1n) is 9.32. The molecule has 0 saturated heterocycles. The summed E-state index contributed by atoms with van der Waals surface area (Å²) < 4.78 is 16.4. The van der Waals surface area contributed by atoms with Gasteiger partial charge in [0.25, 0.3) is 5.91 Å². The van der Waals surface area contributed by atoms with Gasteiger partial charge in [-0.3, -0.25) is 10.1 Å². The highest BCUT2D eigenvalue weighted by Gasteiger charge is 2.09. The maximum Gasteiger partial charge on any atom is 0.264 e. The molecule has 0 bridgehead atoms. The molecule has 7 heteroatoms. The van der Waals surface area contributed by atoms with Crippen molar-refractivity contribution >= 4 is 33.1 Å². The quantitative estimate of drug-likeness (QED) is 0.439. The van der Waals surface area contributed by atoms with E-state index >= 15 is 0 Å². The van der Waals surface area contributed by atoms with Crippen LogP contribution in [0.4, 0.5) is 5.13 Å². The van der Waals surface area contributed by atoms with Crippen LogP contribution in [-0.2, 0) is 11.4 Å². The number of fused-ring (bicyclic) bond motifs is 1. The number of benzene rings is 3. The monoisotopic (exact) mass is 420 g/mol. The maximum atomic E-state index is 12.1. The molecule has 152 valence electrons. The van der Waals surface area contributed by atoms with Crippen molar-refractivity contribution in [2.75, 3.05) is 19.0 Å². The Bertz CT molecular complexity index is 1140. The first-order valence-corrected chi connectivity index (χ1v) is 10.2. The highest BCUT2D eigenvalue weighted by atomic mass is 32.1. The van der Waals surface area contributed by atoms with Crippen molar-refractivity contribution in [3.05, 3.63) is 77.8 Å². The zero-order valence-corrected chi connectivity index (χ0v) is 17.1. The number of amides is 1. The Hall–Kier alpha value is -3.58. The van der Waals surface area contributed by atoms with Crippen LogP contribution >= 0.6 is 11.3 Å². The summed E-state index contributed by atoms with van der Waals surface area (Å²) in [6.45, 7) is 0.224. The summed E-state index contributed by atoms with van der Waals surface area (Å²) in [4.78, 5) is 16.5. The van der Waals surface area contributed by atoms with Crippen molar-refractivity contribution in [3.8, 4) is 17.2 Å². The molecule has 1 amide bonds. The van der Waals surface area contributed by atoms with E-state index in [1.807, 2.05) is 41.8 Å². The topological polar surface area (TPSA) is 69.7 Å². The van der Waals surface area contributed by atoms with Crippen molar-refractivity contribution in [2.45, 2.75) is 6.61 Å². The average Bonchev–Trinajstić information content (AvgIpc) is 3.23. The highest BCUT2D eigenvalue weighted by Crippen LogP contribution is 2.23. The second-order valence-electron chi connectivity index (χ2n) is 6.45. The summed E-state index contributed by atoms with van der Waals surface area (Å²) in [6.07, 6.45) is 0. The zero-order chi connectivity index (χ0) is 20.8. The fraction of sp³-hybridized carbons (Fsp3) is 0.130. The largest absolute Gasteiger partial charge is 0.497 e. The molecule has 1 heterocycles. The number of methoxy groups -OCH3 is 1. The second kappa shape index (κ2) is 9.28. The van der Waals surface area contributed by atoms with Crippen molar-refractivity contribution < 1.29 is 19.0 Å². The van der Waals surface area contributed by atoms with Gasteiger partial charge in [-0.25, -0.2) is 4.98 Å². The van der Waals surface area contributed by atoms with Crippen LogP contribution in [0.1, 0.15) is 5.69 Å². The standard InChI is InChI=1S/C23H20N2O4S/c1-27-19-8-10-20(11-9-19)29-14-22(26)25-23-24-18(15-30-23)13-28-21-7-6-16-4-2-3-5-17(16)12-21/h2-12,15H,13-14H2,1H3,(H,24,25,26). The lowest BCUT2D eigenvalue weighted by atomic mass is 10.1. The number of rotatable bonds is 8. The lowest BCUT2D eigenvalue weighted by Gasteiger charge is -2.07. The van der Waals surface area contributed by atoms with E-state index in [0.29, 0.717) is 17.5 Å². The Morgan fingerprint density at radius 2 is 1.67 bits per heavy atom. The lowest BCUT2D eigenvalue weighted by molar-refractivity contribution is -0.118. The van der Waals surface area contributed by atoms with Crippen molar-refractivity contribution in [1.82, 2.24) is 4.98 Å². The van der Waals surface area contributed by atoms with Gasteiger partial charge in [0.05, 0.1) is 12.8 Å². The molecule has 1 aromatic heterocycles. The number of nitrogens with one attached hydrogen (secondary N) is 1. The van der Waals surface area contributed by atoms with Gasteiger partial charge in [-0.15, -0.1) is 11.3 Å². The lowest BCUT2D eigenvalue weighted by Crippen LogP contribution is -2.20. The molecule has 1 N–H and O–H groups in total. The van der Waals surface area contributed by atoms with Gasteiger partial charge in [0.15, 0.2) is 11.7 Å². The molecule has 4 rings (SSSR count). The Labute approximate surface area is 178 Å². The van der Waals surface area contributed by atoms with Gasteiger partial charge in [-0.2, -0.15) is 0 Å². The Morgan fingerprint density at radius 1 is 0.933 bits per heavy atom. The molecule has 4 aromatic rings. The number of nitrogens with zero attached hydrogens (tertiary/aromatic N) is 1. The number of ether oxygens (including phenoxy) is 3. The molecule has 0 aliphatic heterocycles. The van der Waals surface area contributed by atoms with Crippen LogP contribution in [0, 0.1) is 0 Å². The number of aromatic nitrogens is 1. The van der Waals surface area contributed by atoms with Crippen LogP contribution in [0.3, 0.4) is 0 Å². The molecule has 0 spiro atoms. The number of hydrogen-bond acceptors (Lipinski definition) is 6. The Balaban J connectivity index is 1.27. The van der Waals surface area contributed by atoms with E-state index in [0.717, 1.165) is 22.6 Å². The molecule has 0 saturated carbocycles. The van der Waals surface area contributed by atoms with Crippen molar-refractivity contribution in [1.29, 1.82) is 0 Å². The van der Waals surface area contributed by atoms with E-state index < -0.39 is 0 Å². The Morgan fingerprint density at radius 3 is 2.47 bits per heavy atom. The second-order valence-corrected chi connectivity index (χ2v) is 7.31. The van der Waals surface area contributed by atoms with Crippen LogP contribution < -0.4 is 19.5 Å². The summed E-state index contributed by atoms with van der Waals surface area (Å²) in [6, 6.07) is 21.1. The van der Waals surface area contributed by atoms with Crippen LogP contribution in [-0.4, -0.2) is 24.6 Å².